The van der Waals surface area contributed by atoms with Gasteiger partial charge in [0.2, 0.25) is 5.91 Å². The Morgan fingerprint density at radius 2 is 1.70 bits per heavy atom. The molecule has 0 aliphatic rings. The van der Waals surface area contributed by atoms with Gasteiger partial charge in [-0.15, -0.1) is 11.8 Å². The highest BCUT2D eigenvalue weighted by Crippen LogP contribution is 2.22. The van der Waals surface area contributed by atoms with Gasteiger partial charge >= 0.3 is 0 Å². The molecule has 0 aliphatic heterocycles. The molecule has 0 unspecified atom stereocenters. The highest BCUT2D eigenvalue weighted by molar-refractivity contribution is 7.99. The normalized spacial score (nSPS) is 12.0. The summed E-state index contributed by atoms with van der Waals surface area (Å²) in [5.41, 5.74) is 5.01. The number of aryl methyl sites for hydroxylation is 3. The van der Waals surface area contributed by atoms with E-state index in [1.807, 2.05) is 18.2 Å². The Morgan fingerprint density at radius 1 is 1.04 bits per heavy atom. The van der Waals surface area contributed by atoms with Gasteiger partial charge in [-0.1, -0.05) is 30.3 Å². The number of amides is 1. The summed E-state index contributed by atoms with van der Waals surface area (Å²) >= 11 is 1.72. The van der Waals surface area contributed by atoms with E-state index in [2.05, 4.69) is 57.3 Å². The van der Waals surface area contributed by atoms with Crippen LogP contribution in [0.25, 0.3) is 0 Å². The Balaban J connectivity index is 1.86. The first-order valence-corrected chi connectivity index (χ1v) is 9.01. The first-order chi connectivity index (χ1) is 11.0. The van der Waals surface area contributed by atoms with E-state index >= 15 is 0 Å². The zero-order valence-electron chi connectivity index (χ0n) is 14.3. The third-order valence-corrected chi connectivity index (χ3v) is 5.08. The van der Waals surface area contributed by atoms with Gasteiger partial charge in [0, 0.05) is 17.1 Å². The smallest absolute Gasteiger partial charge is 0.221 e. The third-order valence-electron chi connectivity index (χ3n) is 4.07. The minimum atomic E-state index is 0.0449. The molecule has 0 fully saturated rings. The van der Waals surface area contributed by atoms with Crippen LogP contribution in [0.5, 0.6) is 0 Å². The topological polar surface area (TPSA) is 29.1 Å². The molecule has 0 radical (unpaired) electrons. The maximum atomic E-state index is 12.2. The largest absolute Gasteiger partial charge is 0.350 e. The van der Waals surface area contributed by atoms with Crippen molar-refractivity contribution in [2.45, 2.75) is 45.1 Å². The minimum Gasteiger partial charge on any atom is -0.350 e. The third kappa shape index (κ3) is 5.14. The first kappa shape index (κ1) is 17.6. The van der Waals surface area contributed by atoms with Crippen molar-refractivity contribution in [1.82, 2.24) is 5.32 Å². The SMILES string of the molecule is Cc1cc(C)c([C@H](C)NC(=O)CCSc2ccccc2)cc1C. The molecule has 3 heteroatoms. The number of thioether (sulfide) groups is 1. The fourth-order valence-electron chi connectivity index (χ4n) is 2.62. The quantitative estimate of drug-likeness (QED) is 0.759. The Labute approximate surface area is 143 Å². The van der Waals surface area contributed by atoms with E-state index in [4.69, 9.17) is 0 Å². The van der Waals surface area contributed by atoms with Crippen LogP contribution in [0.3, 0.4) is 0 Å². The van der Waals surface area contributed by atoms with Crippen LogP contribution >= 0.6 is 11.8 Å². The Kier molecular flexibility index (Phi) is 6.28. The van der Waals surface area contributed by atoms with Crippen molar-refractivity contribution in [3.8, 4) is 0 Å². The van der Waals surface area contributed by atoms with E-state index in [0.29, 0.717) is 6.42 Å². The number of carbonyl (C=O) groups excluding carboxylic acids is 1. The van der Waals surface area contributed by atoms with Crippen LogP contribution in [-0.2, 0) is 4.79 Å². The van der Waals surface area contributed by atoms with Crippen LogP contribution in [0.1, 0.15) is 41.6 Å². The molecule has 0 heterocycles. The molecule has 0 saturated carbocycles. The second kappa shape index (κ2) is 8.21. The molecule has 2 aromatic carbocycles. The van der Waals surface area contributed by atoms with E-state index in [1.54, 1.807) is 11.8 Å². The average Bonchev–Trinajstić information content (AvgIpc) is 2.51. The van der Waals surface area contributed by atoms with E-state index in [9.17, 15) is 4.79 Å². The molecule has 0 bridgehead atoms. The fraction of sp³-hybridized carbons (Fsp3) is 0.350. The molecule has 0 aliphatic carbocycles. The van der Waals surface area contributed by atoms with Crippen LogP contribution in [0.15, 0.2) is 47.4 Å². The summed E-state index contributed by atoms with van der Waals surface area (Å²) in [5, 5.41) is 3.12. The van der Waals surface area contributed by atoms with Gasteiger partial charge in [0.15, 0.2) is 0 Å². The molecule has 0 aromatic heterocycles. The molecule has 0 saturated heterocycles. The maximum Gasteiger partial charge on any atom is 0.221 e. The van der Waals surface area contributed by atoms with Crippen molar-refractivity contribution in [2.24, 2.45) is 0 Å². The van der Waals surface area contributed by atoms with Gasteiger partial charge in [0.25, 0.3) is 0 Å². The number of nitrogens with one attached hydrogen (secondary N) is 1. The average molecular weight is 327 g/mol. The number of rotatable bonds is 6. The van der Waals surface area contributed by atoms with E-state index in [-0.39, 0.29) is 11.9 Å². The molecule has 122 valence electrons. The predicted octanol–water partition coefficient (Wildman–Crippen LogP) is 4.97. The van der Waals surface area contributed by atoms with Gasteiger partial charge in [-0.3, -0.25) is 4.79 Å². The summed E-state index contributed by atoms with van der Waals surface area (Å²) in [7, 11) is 0. The molecule has 1 N–H and O–H groups in total. The van der Waals surface area contributed by atoms with Crippen molar-refractivity contribution >= 4 is 17.7 Å². The summed E-state index contributed by atoms with van der Waals surface area (Å²) in [4.78, 5) is 13.4. The summed E-state index contributed by atoms with van der Waals surface area (Å²) in [5.74, 6) is 0.910. The zero-order chi connectivity index (χ0) is 16.8. The monoisotopic (exact) mass is 327 g/mol. The van der Waals surface area contributed by atoms with Gasteiger partial charge in [0.05, 0.1) is 6.04 Å². The highest BCUT2D eigenvalue weighted by atomic mass is 32.2. The number of benzene rings is 2. The Morgan fingerprint density at radius 3 is 2.39 bits per heavy atom. The van der Waals surface area contributed by atoms with Crippen LogP contribution in [0.4, 0.5) is 0 Å². The Bertz CT molecular complexity index is 667. The fourth-order valence-corrected chi connectivity index (χ4v) is 3.49. The molecule has 23 heavy (non-hydrogen) atoms. The van der Waals surface area contributed by atoms with Crippen molar-refractivity contribution < 1.29 is 4.79 Å². The summed E-state index contributed by atoms with van der Waals surface area (Å²) in [6.07, 6.45) is 0.536. The number of hydrogen-bond acceptors (Lipinski definition) is 2. The second-order valence-corrected chi connectivity index (χ2v) is 7.16. The van der Waals surface area contributed by atoms with Crippen molar-refractivity contribution in [1.29, 1.82) is 0 Å². The molecule has 1 amide bonds. The lowest BCUT2D eigenvalue weighted by Crippen LogP contribution is -2.27. The first-order valence-electron chi connectivity index (χ1n) is 8.02. The van der Waals surface area contributed by atoms with Crippen LogP contribution in [0, 0.1) is 20.8 Å². The molecular weight excluding hydrogens is 302 g/mol. The van der Waals surface area contributed by atoms with Gasteiger partial charge in [-0.05, 0) is 62.1 Å². The highest BCUT2D eigenvalue weighted by Gasteiger charge is 2.12. The van der Waals surface area contributed by atoms with Crippen molar-refractivity contribution in [3.05, 3.63) is 64.7 Å². The lowest BCUT2D eigenvalue weighted by molar-refractivity contribution is -0.121. The van der Waals surface area contributed by atoms with E-state index in [0.717, 1.165) is 5.75 Å². The summed E-state index contributed by atoms with van der Waals surface area (Å²) in [6, 6.07) is 14.6. The van der Waals surface area contributed by atoms with Crippen LogP contribution in [-0.4, -0.2) is 11.7 Å². The van der Waals surface area contributed by atoms with Crippen molar-refractivity contribution in [2.75, 3.05) is 5.75 Å². The van der Waals surface area contributed by atoms with Gasteiger partial charge < -0.3 is 5.32 Å². The molecule has 1 atom stereocenters. The maximum absolute atomic E-state index is 12.2. The second-order valence-electron chi connectivity index (χ2n) is 5.99. The summed E-state index contributed by atoms with van der Waals surface area (Å²) in [6.45, 7) is 8.40. The molecule has 2 aromatic rings. The van der Waals surface area contributed by atoms with Gasteiger partial charge in [0.1, 0.15) is 0 Å². The zero-order valence-corrected chi connectivity index (χ0v) is 15.2. The lowest BCUT2D eigenvalue weighted by atomic mass is 9.96. The van der Waals surface area contributed by atoms with Crippen molar-refractivity contribution in [3.63, 3.8) is 0 Å². The number of hydrogen-bond donors (Lipinski definition) is 1. The van der Waals surface area contributed by atoms with Crippen LogP contribution < -0.4 is 5.32 Å². The standard InChI is InChI=1S/C20H25NOS/c1-14-12-16(3)19(13-15(14)2)17(4)21-20(22)10-11-23-18-8-6-5-7-9-18/h5-9,12-13,17H,10-11H2,1-4H3,(H,21,22)/t17-/m0/s1. The minimum absolute atomic E-state index is 0.0449. The lowest BCUT2D eigenvalue weighted by Gasteiger charge is -2.18. The number of carbonyl (C=O) groups is 1. The van der Waals surface area contributed by atoms with Gasteiger partial charge in [-0.25, -0.2) is 0 Å². The van der Waals surface area contributed by atoms with E-state index in [1.165, 1.54) is 27.1 Å². The molecule has 0 spiro atoms. The molecule has 2 nitrogen and oxygen atoms in total. The molecular formula is C20H25NOS. The molecule has 2 rings (SSSR count). The predicted molar refractivity (Wildman–Crippen MR) is 99.0 cm³/mol. The van der Waals surface area contributed by atoms with E-state index < -0.39 is 0 Å². The summed E-state index contributed by atoms with van der Waals surface area (Å²) < 4.78 is 0. The van der Waals surface area contributed by atoms with Gasteiger partial charge in [-0.2, -0.15) is 0 Å². The van der Waals surface area contributed by atoms with Crippen LogP contribution in [0.2, 0.25) is 0 Å². The Hall–Kier alpha value is -1.74.